The molecule has 0 bridgehead atoms. The molecule has 6 heteroatoms. The Morgan fingerprint density at radius 1 is 1.18 bits per heavy atom. The highest BCUT2D eigenvalue weighted by atomic mass is 16.5. The normalized spacial score (nSPS) is 23.5. The summed E-state index contributed by atoms with van der Waals surface area (Å²) < 4.78 is 5.45. The van der Waals surface area contributed by atoms with E-state index in [1.54, 1.807) is 6.07 Å². The average Bonchev–Trinajstić information content (AvgIpc) is 2.90. The van der Waals surface area contributed by atoms with Crippen LogP contribution in [0.2, 0.25) is 0 Å². The minimum atomic E-state index is -0.0816. The summed E-state index contributed by atoms with van der Waals surface area (Å²) in [4.78, 5) is 24.9. The van der Waals surface area contributed by atoms with Gasteiger partial charge in [0.05, 0.1) is 13.2 Å². The van der Waals surface area contributed by atoms with Crippen molar-refractivity contribution in [1.82, 2.24) is 9.97 Å². The molecule has 2 fully saturated rings. The number of hydrogen-bond acceptors (Lipinski definition) is 5. The number of aromatic amines is 1. The monoisotopic (exact) mass is 382 g/mol. The molecular formula is C22H30N4O2. The number of anilines is 2. The van der Waals surface area contributed by atoms with Crippen molar-refractivity contribution in [2.75, 3.05) is 42.6 Å². The second kappa shape index (κ2) is 8.78. The standard InChI is InChI=1S/C22H30N4O2/c1-17-6-5-9-19(14-18-7-3-2-4-8-18)26(16-17)22-23-20(15-21(27)24-22)25-10-12-28-13-11-25/h2-4,7-8,15,17,19H,5-6,9-14,16H2,1H3,(H,23,24,27)/t17-,19-/m1/s1. The predicted octanol–water partition coefficient (Wildman–Crippen LogP) is 2.84. The van der Waals surface area contributed by atoms with Crippen LogP contribution in [0.15, 0.2) is 41.2 Å². The third-order valence-electron chi connectivity index (χ3n) is 5.82. The molecule has 6 nitrogen and oxygen atoms in total. The minimum absolute atomic E-state index is 0.0816. The van der Waals surface area contributed by atoms with E-state index in [1.807, 2.05) is 0 Å². The fourth-order valence-corrected chi connectivity index (χ4v) is 4.31. The predicted molar refractivity (Wildman–Crippen MR) is 112 cm³/mol. The Kier molecular flexibility index (Phi) is 5.95. The van der Waals surface area contributed by atoms with Crippen LogP contribution >= 0.6 is 0 Å². The molecule has 0 unspecified atom stereocenters. The van der Waals surface area contributed by atoms with Crippen molar-refractivity contribution >= 4 is 11.8 Å². The zero-order valence-corrected chi connectivity index (χ0v) is 16.6. The maximum Gasteiger partial charge on any atom is 0.254 e. The van der Waals surface area contributed by atoms with Gasteiger partial charge in [0.15, 0.2) is 0 Å². The van der Waals surface area contributed by atoms with E-state index < -0.39 is 0 Å². The molecule has 0 amide bonds. The Morgan fingerprint density at radius 3 is 2.75 bits per heavy atom. The lowest BCUT2D eigenvalue weighted by atomic mass is 10.0. The van der Waals surface area contributed by atoms with Crippen molar-refractivity contribution in [2.24, 2.45) is 5.92 Å². The molecule has 150 valence electrons. The van der Waals surface area contributed by atoms with Gasteiger partial charge in [-0.25, -0.2) is 0 Å². The Bertz CT molecular complexity index is 817. The summed E-state index contributed by atoms with van der Waals surface area (Å²) in [5.41, 5.74) is 1.25. The number of nitrogens with zero attached hydrogens (tertiary/aromatic N) is 3. The second-order valence-electron chi connectivity index (χ2n) is 8.06. The molecular weight excluding hydrogens is 352 g/mol. The van der Waals surface area contributed by atoms with Gasteiger partial charge in [0, 0.05) is 31.7 Å². The number of nitrogens with one attached hydrogen (secondary N) is 1. The molecule has 0 saturated carbocycles. The van der Waals surface area contributed by atoms with Gasteiger partial charge in [0.2, 0.25) is 5.95 Å². The van der Waals surface area contributed by atoms with Crippen LogP contribution in [-0.4, -0.2) is 48.9 Å². The Labute approximate surface area is 166 Å². The summed E-state index contributed by atoms with van der Waals surface area (Å²) in [6, 6.07) is 12.6. The van der Waals surface area contributed by atoms with Crippen LogP contribution in [0.5, 0.6) is 0 Å². The molecule has 2 aromatic rings. The summed E-state index contributed by atoms with van der Waals surface area (Å²) in [6.45, 7) is 6.14. The highest BCUT2D eigenvalue weighted by molar-refractivity contribution is 5.45. The SMILES string of the molecule is C[C@@H]1CCC[C@H](Cc2ccccc2)N(c2nc(N3CCOCC3)cc(=O)[nH]2)C1. The van der Waals surface area contributed by atoms with Crippen molar-refractivity contribution in [3.63, 3.8) is 0 Å². The number of morpholine rings is 1. The van der Waals surface area contributed by atoms with Gasteiger partial charge in [0.25, 0.3) is 5.56 Å². The Balaban J connectivity index is 1.64. The molecule has 2 aliphatic rings. The topological polar surface area (TPSA) is 61.5 Å². The summed E-state index contributed by atoms with van der Waals surface area (Å²) in [6.07, 6.45) is 4.52. The summed E-state index contributed by atoms with van der Waals surface area (Å²) in [7, 11) is 0. The number of benzene rings is 1. The quantitative estimate of drug-likeness (QED) is 0.881. The maximum atomic E-state index is 12.4. The number of rotatable bonds is 4. The summed E-state index contributed by atoms with van der Waals surface area (Å²) >= 11 is 0. The van der Waals surface area contributed by atoms with Crippen molar-refractivity contribution in [2.45, 2.75) is 38.6 Å². The van der Waals surface area contributed by atoms with Crippen molar-refractivity contribution in [3.05, 3.63) is 52.3 Å². The smallest absolute Gasteiger partial charge is 0.254 e. The van der Waals surface area contributed by atoms with E-state index in [0.29, 0.717) is 31.1 Å². The largest absolute Gasteiger partial charge is 0.378 e. The first kappa shape index (κ1) is 19.0. The van der Waals surface area contributed by atoms with Crippen molar-refractivity contribution in [1.29, 1.82) is 0 Å². The van der Waals surface area contributed by atoms with E-state index >= 15 is 0 Å². The minimum Gasteiger partial charge on any atom is -0.378 e. The van der Waals surface area contributed by atoms with Gasteiger partial charge >= 0.3 is 0 Å². The third kappa shape index (κ3) is 4.55. The molecule has 3 heterocycles. The molecule has 1 N–H and O–H groups in total. The molecule has 2 saturated heterocycles. The maximum absolute atomic E-state index is 12.4. The number of aromatic nitrogens is 2. The first-order valence-electron chi connectivity index (χ1n) is 10.4. The molecule has 0 aliphatic carbocycles. The van der Waals surface area contributed by atoms with E-state index in [9.17, 15) is 4.79 Å². The first-order valence-corrected chi connectivity index (χ1v) is 10.4. The van der Waals surface area contributed by atoms with Gasteiger partial charge in [-0.2, -0.15) is 4.98 Å². The fraction of sp³-hybridized carbons (Fsp3) is 0.545. The second-order valence-corrected chi connectivity index (χ2v) is 8.06. The number of hydrogen-bond donors (Lipinski definition) is 1. The van der Waals surface area contributed by atoms with Gasteiger partial charge in [0.1, 0.15) is 5.82 Å². The molecule has 2 aliphatic heterocycles. The van der Waals surface area contributed by atoms with Gasteiger partial charge in [-0.1, -0.05) is 43.7 Å². The number of H-pyrrole nitrogens is 1. The molecule has 1 aromatic carbocycles. The Morgan fingerprint density at radius 2 is 1.96 bits per heavy atom. The summed E-state index contributed by atoms with van der Waals surface area (Å²) in [5.74, 6) is 2.05. The van der Waals surface area contributed by atoms with E-state index in [1.165, 1.54) is 18.4 Å². The van der Waals surface area contributed by atoms with Crippen molar-refractivity contribution < 1.29 is 4.74 Å². The molecule has 0 radical (unpaired) electrons. The van der Waals surface area contributed by atoms with Crippen LogP contribution in [0.3, 0.4) is 0 Å². The molecule has 1 aromatic heterocycles. The van der Waals surface area contributed by atoms with Crippen LogP contribution in [0, 0.1) is 5.92 Å². The van der Waals surface area contributed by atoms with E-state index in [2.05, 4.69) is 52.0 Å². The van der Waals surface area contributed by atoms with Crippen molar-refractivity contribution in [3.8, 4) is 0 Å². The van der Waals surface area contributed by atoms with Crippen LogP contribution in [-0.2, 0) is 11.2 Å². The highest BCUT2D eigenvalue weighted by Crippen LogP contribution is 2.27. The lowest BCUT2D eigenvalue weighted by Crippen LogP contribution is -2.41. The Hall–Kier alpha value is -2.34. The zero-order valence-electron chi connectivity index (χ0n) is 16.6. The zero-order chi connectivity index (χ0) is 19.3. The van der Waals surface area contributed by atoms with E-state index in [-0.39, 0.29) is 5.56 Å². The molecule has 0 spiro atoms. The van der Waals surface area contributed by atoms with E-state index in [0.717, 1.165) is 38.3 Å². The van der Waals surface area contributed by atoms with Gasteiger partial charge in [-0.3, -0.25) is 9.78 Å². The van der Waals surface area contributed by atoms with Crippen LogP contribution in [0.25, 0.3) is 0 Å². The van der Waals surface area contributed by atoms with Crippen LogP contribution < -0.4 is 15.4 Å². The average molecular weight is 383 g/mol. The summed E-state index contributed by atoms with van der Waals surface area (Å²) in [5, 5.41) is 0. The van der Waals surface area contributed by atoms with Gasteiger partial charge in [-0.15, -0.1) is 0 Å². The third-order valence-corrected chi connectivity index (χ3v) is 5.82. The van der Waals surface area contributed by atoms with Crippen LogP contribution in [0.4, 0.5) is 11.8 Å². The molecule has 28 heavy (non-hydrogen) atoms. The first-order chi connectivity index (χ1) is 13.7. The van der Waals surface area contributed by atoms with Crippen LogP contribution in [0.1, 0.15) is 31.7 Å². The fourth-order valence-electron chi connectivity index (χ4n) is 4.31. The molecule has 2 atom stereocenters. The lowest BCUT2D eigenvalue weighted by Gasteiger charge is -2.33. The van der Waals surface area contributed by atoms with E-state index in [4.69, 9.17) is 9.72 Å². The number of ether oxygens (including phenoxy) is 1. The lowest BCUT2D eigenvalue weighted by molar-refractivity contribution is 0.122. The highest BCUT2D eigenvalue weighted by Gasteiger charge is 2.27. The molecule has 4 rings (SSSR count). The van der Waals surface area contributed by atoms with Gasteiger partial charge in [-0.05, 0) is 30.7 Å². The van der Waals surface area contributed by atoms with Gasteiger partial charge < -0.3 is 14.5 Å².